The molecule has 0 aliphatic rings. The molecule has 6 nitrogen and oxygen atoms in total. The fourth-order valence-corrected chi connectivity index (χ4v) is 2.58. The molecule has 0 saturated heterocycles. The number of hydrogen-bond acceptors (Lipinski definition) is 4. The lowest BCUT2D eigenvalue weighted by atomic mass is 10.1. The summed E-state index contributed by atoms with van der Waals surface area (Å²) in [6, 6.07) is 6.86. The number of aromatic nitrogens is 3. The van der Waals surface area contributed by atoms with E-state index in [9.17, 15) is 22.8 Å². The van der Waals surface area contributed by atoms with Crippen molar-refractivity contribution in [1.82, 2.24) is 14.6 Å². The predicted molar refractivity (Wildman–Crippen MR) is 85.3 cm³/mol. The molecule has 0 bridgehead atoms. The van der Waals surface area contributed by atoms with Crippen molar-refractivity contribution in [3.63, 3.8) is 0 Å². The Kier molecular flexibility index (Phi) is 4.15. The number of nitrogens with zero attached hydrogens (tertiary/aromatic N) is 2. The third-order valence-electron chi connectivity index (χ3n) is 3.26. The second-order valence-corrected chi connectivity index (χ2v) is 5.97. The zero-order chi connectivity index (χ0) is 18.4. The van der Waals surface area contributed by atoms with Crippen LogP contribution in [0.25, 0.3) is 16.8 Å². The summed E-state index contributed by atoms with van der Waals surface area (Å²) in [4.78, 5) is 27.0. The van der Waals surface area contributed by atoms with Gasteiger partial charge in [0.2, 0.25) is 5.88 Å². The Hall–Kier alpha value is -2.62. The van der Waals surface area contributed by atoms with Gasteiger partial charge in [-0.25, -0.2) is 4.52 Å². The van der Waals surface area contributed by atoms with E-state index in [2.05, 4.69) is 20.9 Å². The van der Waals surface area contributed by atoms with E-state index in [4.69, 9.17) is 4.74 Å². The molecule has 0 spiro atoms. The molecule has 2 aromatic heterocycles. The van der Waals surface area contributed by atoms with Gasteiger partial charge in [0.25, 0.3) is 5.56 Å². The lowest BCUT2D eigenvalue weighted by Gasteiger charge is -2.07. The topological polar surface area (TPSA) is 76.5 Å². The van der Waals surface area contributed by atoms with Crippen LogP contribution in [0.3, 0.4) is 0 Å². The molecule has 0 atom stereocenters. The number of carbonyl (C=O) groups excluding carboxylic acids is 1. The van der Waals surface area contributed by atoms with E-state index in [0.29, 0.717) is 8.99 Å². The van der Waals surface area contributed by atoms with E-state index in [1.165, 1.54) is 12.1 Å². The molecule has 0 unspecified atom stereocenters. The molecule has 0 radical (unpaired) electrons. The Labute approximate surface area is 146 Å². The van der Waals surface area contributed by atoms with Crippen LogP contribution in [-0.2, 0) is 11.0 Å². The molecule has 0 fully saturated rings. The molecule has 3 rings (SSSR count). The first-order valence-electron chi connectivity index (χ1n) is 6.84. The third kappa shape index (κ3) is 3.29. The van der Waals surface area contributed by atoms with Crippen molar-refractivity contribution in [2.45, 2.75) is 13.1 Å². The Morgan fingerprint density at radius 2 is 1.92 bits per heavy atom. The quantitative estimate of drug-likeness (QED) is 0.650. The third-order valence-corrected chi connectivity index (χ3v) is 3.79. The number of aromatic amines is 1. The number of carbonyl (C=O) groups is 1. The molecule has 3 aromatic rings. The van der Waals surface area contributed by atoms with Crippen molar-refractivity contribution >= 4 is 27.5 Å². The summed E-state index contributed by atoms with van der Waals surface area (Å²) in [5.41, 5.74) is -2.37. The highest BCUT2D eigenvalue weighted by Crippen LogP contribution is 2.38. The summed E-state index contributed by atoms with van der Waals surface area (Å²) in [5.74, 6) is -1.11. The van der Waals surface area contributed by atoms with Gasteiger partial charge in [0.15, 0.2) is 5.65 Å². The number of esters is 1. The summed E-state index contributed by atoms with van der Waals surface area (Å²) >= 11 is 3.21. The Balaban J connectivity index is 2.37. The first kappa shape index (κ1) is 17.2. The summed E-state index contributed by atoms with van der Waals surface area (Å²) in [7, 11) is 0. The maximum Gasteiger partial charge on any atom is 0.433 e. The first-order valence-corrected chi connectivity index (χ1v) is 7.63. The smallest absolute Gasteiger partial charge is 0.407 e. The number of rotatable bonds is 2. The minimum Gasteiger partial charge on any atom is -0.407 e. The minimum absolute atomic E-state index is 0.196. The number of alkyl halides is 3. The van der Waals surface area contributed by atoms with Crippen LogP contribution in [0.2, 0.25) is 0 Å². The Bertz CT molecular complexity index is 1020. The molecular formula is C15H9BrF3N3O3. The van der Waals surface area contributed by atoms with Crippen molar-refractivity contribution < 1.29 is 22.7 Å². The van der Waals surface area contributed by atoms with E-state index in [1.807, 2.05) is 5.10 Å². The summed E-state index contributed by atoms with van der Waals surface area (Å²) in [6.07, 6.45) is -4.75. The number of fused-ring (bicyclic) bond motifs is 1. The molecular weight excluding hydrogens is 407 g/mol. The predicted octanol–water partition coefficient (Wildman–Crippen LogP) is 3.40. The van der Waals surface area contributed by atoms with Gasteiger partial charge in [0.05, 0.1) is 11.6 Å². The average molecular weight is 416 g/mol. The highest BCUT2D eigenvalue weighted by atomic mass is 79.9. The first-order chi connectivity index (χ1) is 11.7. The van der Waals surface area contributed by atoms with Gasteiger partial charge in [-0.15, -0.1) is 0 Å². The van der Waals surface area contributed by atoms with E-state index in [0.717, 1.165) is 13.0 Å². The normalized spacial score (nSPS) is 11.7. The maximum atomic E-state index is 13.4. The number of H-pyrrole nitrogens is 1. The Morgan fingerprint density at radius 1 is 1.28 bits per heavy atom. The highest BCUT2D eigenvalue weighted by Gasteiger charge is 2.38. The molecule has 25 heavy (non-hydrogen) atoms. The largest absolute Gasteiger partial charge is 0.433 e. The average Bonchev–Trinajstić information content (AvgIpc) is 2.87. The van der Waals surface area contributed by atoms with Crippen molar-refractivity contribution in [3.05, 3.63) is 50.9 Å². The molecule has 0 aliphatic heterocycles. The number of hydrogen-bond donors (Lipinski definition) is 1. The molecule has 0 aliphatic carbocycles. The summed E-state index contributed by atoms with van der Waals surface area (Å²) in [6.45, 7) is 1.09. The van der Waals surface area contributed by atoms with Gasteiger partial charge in [-0.2, -0.15) is 18.2 Å². The molecule has 130 valence electrons. The van der Waals surface area contributed by atoms with Gasteiger partial charge < -0.3 is 4.74 Å². The summed E-state index contributed by atoms with van der Waals surface area (Å²) < 4.78 is 46.4. The molecule has 0 amide bonds. The van der Waals surface area contributed by atoms with Crippen LogP contribution in [0.15, 0.2) is 39.6 Å². The minimum atomic E-state index is -4.75. The van der Waals surface area contributed by atoms with E-state index >= 15 is 0 Å². The standard InChI is InChI=1S/C15H9BrF3N3O3/c1-7(23)25-10-6-11(24)22-14(20-10)12(13(21-22)15(17,18)19)8-2-4-9(16)5-3-8/h2-6,21H,1H3. The van der Waals surface area contributed by atoms with E-state index in [-0.39, 0.29) is 22.7 Å². The highest BCUT2D eigenvalue weighted by molar-refractivity contribution is 9.10. The van der Waals surface area contributed by atoms with Gasteiger partial charge in [0, 0.05) is 11.4 Å². The van der Waals surface area contributed by atoms with Crippen LogP contribution in [-0.4, -0.2) is 20.6 Å². The van der Waals surface area contributed by atoms with Crippen LogP contribution in [0, 0.1) is 0 Å². The molecule has 1 N–H and O–H groups in total. The van der Waals surface area contributed by atoms with Crippen molar-refractivity contribution in [3.8, 4) is 17.0 Å². The number of benzene rings is 1. The number of ether oxygens (including phenoxy) is 1. The van der Waals surface area contributed by atoms with Gasteiger partial charge in [-0.05, 0) is 17.7 Å². The summed E-state index contributed by atoms with van der Waals surface area (Å²) in [5, 5.41) is 2.03. The SMILES string of the molecule is CC(=O)Oc1cc(=O)n2[nH]c(C(F)(F)F)c(-c3ccc(Br)cc3)c2n1. The number of halogens is 4. The van der Waals surface area contributed by atoms with E-state index < -0.39 is 23.4 Å². The van der Waals surface area contributed by atoms with Crippen LogP contribution in [0.5, 0.6) is 5.88 Å². The zero-order valence-corrected chi connectivity index (χ0v) is 14.1. The Morgan fingerprint density at radius 3 is 2.48 bits per heavy atom. The van der Waals surface area contributed by atoms with Crippen LogP contribution >= 0.6 is 15.9 Å². The number of nitrogens with one attached hydrogen (secondary N) is 1. The molecule has 2 heterocycles. The van der Waals surface area contributed by atoms with Gasteiger partial charge in [-0.1, -0.05) is 28.1 Å². The van der Waals surface area contributed by atoms with Crippen LogP contribution < -0.4 is 10.3 Å². The van der Waals surface area contributed by atoms with Crippen molar-refractivity contribution in [1.29, 1.82) is 0 Å². The second kappa shape index (κ2) is 6.03. The fourth-order valence-electron chi connectivity index (χ4n) is 2.31. The lowest BCUT2D eigenvalue weighted by molar-refractivity contribution is -0.140. The van der Waals surface area contributed by atoms with Crippen LogP contribution in [0.1, 0.15) is 12.6 Å². The molecule has 10 heteroatoms. The van der Waals surface area contributed by atoms with Crippen molar-refractivity contribution in [2.75, 3.05) is 0 Å². The van der Waals surface area contributed by atoms with Crippen molar-refractivity contribution in [2.24, 2.45) is 0 Å². The maximum absolute atomic E-state index is 13.4. The van der Waals surface area contributed by atoms with Crippen LogP contribution in [0.4, 0.5) is 13.2 Å². The molecule has 1 aromatic carbocycles. The monoisotopic (exact) mass is 415 g/mol. The van der Waals surface area contributed by atoms with Gasteiger partial charge >= 0.3 is 12.1 Å². The van der Waals surface area contributed by atoms with Gasteiger partial charge in [0.1, 0.15) is 5.69 Å². The second-order valence-electron chi connectivity index (χ2n) is 5.05. The zero-order valence-electron chi connectivity index (χ0n) is 12.5. The molecule has 0 saturated carbocycles. The lowest BCUT2D eigenvalue weighted by Crippen LogP contribution is -2.16. The van der Waals surface area contributed by atoms with Gasteiger partial charge in [-0.3, -0.25) is 14.7 Å². The fraction of sp³-hybridized carbons (Fsp3) is 0.133. The van der Waals surface area contributed by atoms with E-state index in [1.54, 1.807) is 12.1 Å².